The van der Waals surface area contributed by atoms with Crippen LogP contribution in [0.4, 0.5) is 33.3 Å². The lowest BCUT2D eigenvalue weighted by Gasteiger charge is -2.44. The van der Waals surface area contributed by atoms with E-state index in [4.69, 9.17) is 11.6 Å². The van der Waals surface area contributed by atoms with Gasteiger partial charge in [-0.3, -0.25) is 9.59 Å². The van der Waals surface area contributed by atoms with Crippen molar-refractivity contribution < 1.29 is 36.6 Å². The number of hydrogen-bond donors (Lipinski definition) is 3. The van der Waals surface area contributed by atoms with Gasteiger partial charge in [-0.2, -0.15) is 13.2 Å². The van der Waals surface area contributed by atoms with Gasteiger partial charge in [0.05, 0.1) is 22.9 Å². The number of halogens is 6. The van der Waals surface area contributed by atoms with Gasteiger partial charge in [0.25, 0.3) is 5.91 Å². The van der Waals surface area contributed by atoms with Crippen LogP contribution < -0.4 is 10.6 Å². The van der Waals surface area contributed by atoms with Crippen LogP contribution >= 0.6 is 11.6 Å². The van der Waals surface area contributed by atoms with Gasteiger partial charge in [0.1, 0.15) is 22.9 Å². The molecule has 1 aliphatic carbocycles. The molecule has 1 saturated carbocycles. The van der Waals surface area contributed by atoms with E-state index in [-0.39, 0.29) is 22.5 Å². The number of anilines is 2. The van der Waals surface area contributed by atoms with Gasteiger partial charge >= 0.3 is 6.18 Å². The largest absolute Gasteiger partial charge is 0.506 e. The number of phenols is 1. The highest BCUT2D eigenvalue weighted by Gasteiger charge is 2.52. The summed E-state index contributed by atoms with van der Waals surface area (Å²) >= 11 is 5.95. The number of likely N-dealkylation sites (tertiary alicyclic amines) is 1. The number of benzene rings is 3. The molecule has 12 heteroatoms. The van der Waals surface area contributed by atoms with Gasteiger partial charge in [-0.25, -0.2) is 8.78 Å². The zero-order valence-corrected chi connectivity index (χ0v) is 23.6. The number of piperidine rings is 1. The number of rotatable bonds is 6. The third kappa shape index (κ3) is 6.71. The quantitative estimate of drug-likeness (QED) is 0.195. The van der Waals surface area contributed by atoms with Crippen molar-refractivity contribution >= 4 is 34.8 Å². The normalized spacial score (nSPS) is 21.1. The van der Waals surface area contributed by atoms with Gasteiger partial charge in [0.15, 0.2) is 0 Å². The number of carbonyl (C=O) groups is 2. The first-order chi connectivity index (χ1) is 20.4. The second-order valence-electron chi connectivity index (χ2n) is 11.0. The average Bonchev–Trinajstić information content (AvgIpc) is 3.47. The number of amides is 2. The summed E-state index contributed by atoms with van der Waals surface area (Å²) in [5.74, 6) is -8.50. The van der Waals surface area contributed by atoms with E-state index in [0.29, 0.717) is 5.56 Å². The Bertz CT molecular complexity index is 1470. The number of phenolic OH excluding ortho intramolecular Hbond substituents is 1. The number of alkyl halides is 3. The van der Waals surface area contributed by atoms with E-state index in [1.54, 1.807) is 24.3 Å². The maximum absolute atomic E-state index is 14.7. The molecule has 43 heavy (non-hydrogen) atoms. The molecule has 1 heterocycles. The van der Waals surface area contributed by atoms with Crippen LogP contribution in [0.3, 0.4) is 0 Å². The van der Waals surface area contributed by atoms with Crippen molar-refractivity contribution in [1.82, 2.24) is 4.90 Å². The smallest absolute Gasteiger partial charge is 0.393 e. The van der Waals surface area contributed by atoms with Crippen molar-refractivity contribution in [3.05, 3.63) is 88.4 Å². The van der Waals surface area contributed by atoms with Crippen LogP contribution in [-0.2, 0) is 4.79 Å². The molecule has 2 aliphatic rings. The van der Waals surface area contributed by atoms with E-state index in [9.17, 15) is 36.6 Å². The minimum atomic E-state index is -4.81. The van der Waals surface area contributed by atoms with Crippen LogP contribution in [-0.4, -0.2) is 40.6 Å². The number of hydrogen-bond acceptors (Lipinski definition) is 4. The number of nitrogens with zero attached hydrogens (tertiary/aromatic N) is 1. The van der Waals surface area contributed by atoms with E-state index < -0.39 is 66.0 Å². The molecule has 228 valence electrons. The Morgan fingerprint density at radius 3 is 2.16 bits per heavy atom. The Balaban J connectivity index is 1.56. The summed E-state index contributed by atoms with van der Waals surface area (Å²) in [6, 6.07) is 12.1. The van der Waals surface area contributed by atoms with E-state index in [2.05, 4.69) is 10.6 Å². The van der Waals surface area contributed by atoms with Gasteiger partial charge in [-0.1, -0.05) is 42.6 Å². The van der Waals surface area contributed by atoms with E-state index >= 15 is 0 Å². The molecule has 0 radical (unpaired) electrons. The fourth-order valence-electron chi connectivity index (χ4n) is 5.93. The fourth-order valence-corrected chi connectivity index (χ4v) is 6.12. The highest BCUT2D eigenvalue weighted by molar-refractivity contribution is 6.32. The monoisotopic (exact) mass is 621 g/mol. The zero-order chi connectivity index (χ0) is 30.9. The molecular weight excluding hydrogens is 593 g/mol. The van der Waals surface area contributed by atoms with Crippen molar-refractivity contribution in [2.24, 2.45) is 11.8 Å². The first kappa shape index (κ1) is 30.6. The van der Waals surface area contributed by atoms with E-state index in [0.717, 1.165) is 54.5 Å². The molecule has 0 spiro atoms. The second kappa shape index (κ2) is 12.4. The van der Waals surface area contributed by atoms with Gasteiger partial charge in [-0.05, 0) is 67.3 Å². The predicted molar refractivity (Wildman–Crippen MR) is 152 cm³/mol. The molecule has 0 bridgehead atoms. The third-order valence-corrected chi connectivity index (χ3v) is 8.41. The molecule has 5 rings (SSSR count). The van der Waals surface area contributed by atoms with E-state index in [1.807, 2.05) is 0 Å². The predicted octanol–water partition coefficient (Wildman–Crippen LogP) is 7.70. The lowest BCUT2D eigenvalue weighted by molar-refractivity contribution is -0.193. The molecule has 1 saturated heterocycles. The van der Waals surface area contributed by atoms with Crippen molar-refractivity contribution in [1.29, 1.82) is 0 Å². The zero-order valence-electron chi connectivity index (χ0n) is 22.8. The lowest BCUT2D eigenvalue weighted by Crippen LogP contribution is -2.52. The maximum atomic E-state index is 14.7. The molecule has 2 fully saturated rings. The van der Waals surface area contributed by atoms with Crippen LogP contribution in [0.5, 0.6) is 5.75 Å². The topological polar surface area (TPSA) is 81.7 Å². The highest BCUT2D eigenvalue weighted by atomic mass is 35.5. The number of carbonyl (C=O) groups excluding carboxylic acids is 2. The van der Waals surface area contributed by atoms with E-state index in [1.165, 1.54) is 18.2 Å². The summed E-state index contributed by atoms with van der Waals surface area (Å²) in [5, 5.41) is 15.6. The second-order valence-corrected chi connectivity index (χ2v) is 11.4. The Labute approximate surface area is 249 Å². The van der Waals surface area contributed by atoms with Gasteiger partial charge < -0.3 is 20.6 Å². The summed E-state index contributed by atoms with van der Waals surface area (Å²) < 4.78 is 72.1. The van der Waals surface area contributed by atoms with Crippen molar-refractivity contribution in [2.45, 2.75) is 50.4 Å². The number of nitrogens with one attached hydrogen (secondary N) is 2. The summed E-state index contributed by atoms with van der Waals surface area (Å²) in [4.78, 5) is 28.1. The molecule has 6 nitrogen and oxygen atoms in total. The summed E-state index contributed by atoms with van der Waals surface area (Å²) in [5.41, 5.74) is 0.193. The first-order valence-corrected chi connectivity index (χ1v) is 14.3. The van der Waals surface area contributed by atoms with Crippen molar-refractivity contribution in [2.75, 3.05) is 17.2 Å². The summed E-state index contributed by atoms with van der Waals surface area (Å²) in [6.07, 6.45) is -1.29. The van der Waals surface area contributed by atoms with Crippen LogP contribution in [0.15, 0.2) is 60.7 Å². The average molecular weight is 622 g/mol. The van der Waals surface area contributed by atoms with Crippen LogP contribution in [0, 0.1) is 23.5 Å². The van der Waals surface area contributed by atoms with Crippen LogP contribution in [0.2, 0.25) is 5.02 Å². The SMILES string of the molecule is O=C(Nc1ccc(O)c(Cl)c1)[C@H]1C[C@@H](C(F)(F)F)CN(C(=O)c2c(F)cccc2F)[C@H]1c1ccc(NC2CCCC2)cc1. The van der Waals surface area contributed by atoms with Gasteiger partial charge in [0, 0.05) is 24.0 Å². The first-order valence-electron chi connectivity index (χ1n) is 13.9. The molecule has 1 aliphatic heterocycles. The minimum Gasteiger partial charge on any atom is -0.506 e. The van der Waals surface area contributed by atoms with Crippen molar-refractivity contribution in [3.8, 4) is 5.75 Å². The molecule has 3 aromatic carbocycles. The molecule has 2 amide bonds. The Morgan fingerprint density at radius 1 is 0.930 bits per heavy atom. The Hall–Kier alpha value is -3.86. The highest BCUT2D eigenvalue weighted by Crippen LogP contribution is 2.45. The molecule has 0 unspecified atom stereocenters. The Kier molecular flexibility index (Phi) is 8.82. The minimum absolute atomic E-state index is 0.0941. The van der Waals surface area contributed by atoms with Crippen LogP contribution in [0.1, 0.15) is 54.1 Å². The number of aromatic hydroxyl groups is 1. The van der Waals surface area contributed by atoms with Gasteiger partial charge in [0.2, 0.25) is 5.91 Å². The lowest BCUT2D eigenvalue weighted by atomic mass is 9.78. The maximum Gasteiger partial charge on any atom is 0.393 e. The standard InChI is InChI=1S/C31H29ClF5N3O3/c32-23-15-21(12-13-26(23)41)39-29(42)22-14-18(31(35,36)37)16-40(30(43)27-24(33)6-3-7-25(27)34)28(22)17-8-10-20(11-9-17)38-19-4-1-2-5-19/h3,6-13,15,18-19,22,28,38,41H,1-2,4-5,14,16H2,(H,39,42)/t18-,22+,28+/m1/s1. The van der Waals surface area contributed by atoms with Gasteiger partial charge in [-0.15, -0.1) is 0 Å². The van der Waals surface area contributed by atoms with Crippen LogP contribution in [0.25, 0.3) is 0 Å². The molecular formula is C31H29ClF5N3O3. The fraction of sp³-hybridized carbons (Fsp3) is 0.355. The van der Waals surface area contributed by atoms with Crippen molar-refractivity contribution in [3.63, 3.8) is 0 Å². The molecule has 3 aromatic rings. The summed E-state index contributed by atoms with van der Waals surface area (Å²) in [7, 11) is 0. The molecule has 3 N–H and O–H groups in total. The molecule has 3 atom stereocenters. The Morgan fingerprint density at radius 2 is 1.56 bits per heavy atom. The summed E-state index contributed by atoms with van der Waals surface area (Å²) in [6.45, 7) is -0.905. The third-order valence-electron chi connectivity index (χ3n) is 8.10. The molecule has 0 aromatic heterocycles.